The standard InChI is InChI=1S/C12H15ClN2O/c1-8(2)15-7-11(16)10-5-3-4-9(6-14)12(10)13/h3-5,8,11,15-16H,7H2,1-2H3. The number of hydrogen-bond donors (Lipinski definition) is 2. The van der Waals surface area contributed by atoms with Crippen molar-refractivity contribution < 1.29 is 5.11 Å². The first kappa shape index (κ1) is 13.0. The first-order valence-corrected chi connectivity index (χ1v) is 5.54. The van der Waals surface area contributed by atoms with E-state index in [0.717, 1.165) is 0 Å². The Morgan fingerprint density at radius 1 is 1.50 bits per heavy atom. The van der Waals surface area contributed by atoms with Crippen LogP contribution in [0.15, 0.2) is 18.2 Å². The van der Waals surface area contributed by atoms with E-state index < -0.39 is 6.10 Å². The van der Waals surface area contributed by atoms with E-state index in [9.17, 15) is 5.11 Å². The van der Waals surface area contributed by atoms with Crippen molar-refractivity contribution in [3.05, 3.63) is 34.3 Å². The van der Waals surface area contributed by atoms with E-state index in [1.54, 1.807) is 18.2 Å². The number of nitrogens with zero attached hydrogens (tertiary/aromatic N) is 1. The van der Waals surface area contributed by atoms with Crippen molar-refractivity contribution in [3.8, 4) is 6.07 Å². The van der Waals surface area contributed by atoms with Gasteiger partial charge in [0.1, 0.15) is 6.07 Å². The fourth-order valence-corrected chi connectivity index (χ4v) is 1.65. The highest BCUT2D eigenvalue weighted by Crippen LogP contribution is 2.25. The van der Waals surface area contributed by atoms with Crippen LogP contribution in [0.5, 0.6) is 0 Å². The van der Waals surface area contributed by atoms with Crippen LogP contribution in [-0.2, 0) is 0 Å². The van der Waals surface area contributed by atoms with Crippen LogP contribution in [0.1, 0.15) is 31.1 Å². The molecule has 3 nitrogen and oxygen atoms in total. The van der Waals surface area contributed by atoms with Crippen LogP contribution in [0.4, 0.5) is 0 Å². The first-order chi connectivity index (χ1) is 7.56. The molecule has 0 saturated carbocycles. The van der Waals surface area contributed by atoms with Gasteiger partial charge in [0.2, 0.25) is 0 Å². The number of halogens is 1. The Balaban J connectivity index is 2.84. The zero-order chi connectivity index (χ0) is 12.1. The smallest absolute Gasteiger partial charge is 0.101 e. The van der Waals surface area contributed by atoms with Crippen LogP contribution in [0.25, 0.3) is 0 Å². The number of aliphatic hydroxyl groups excluding tert-OH is 1. The lowest BCUT2D eigenvalue weighted by Crippen LogP contribution is -2.28. The average Bonchev–Trinajstić information content (AvgIpc) is 2.26. The minimum Gasteiger partial charge on any atom is -0.387 e. The van der Waals surface area contributed by atoms with E-state index in [1.165, 1.54) is 0 Å². The second-order valence-electron chi connectivity index (χ2n) is 3.90. The summed E-state index contributed by atoms with van der Waals surface area (Å²) in [6.07, 6.45) is -0.691. The van der Waals surface area contributed by atoms with Crippen molar-refractivity contribution in [1.29, 1.82) is 5.26 Å². The van der Waals surface area contributed by atoms with Gasteiger partial charge in [0, 0.05) is 18.2 Å². The summed E-state index contributed by atoms with van der Waals surface area (Å²) in [5.74, 6) is 0. The quantitative estimate of drug-likeness (QED) is 0.846. The van der Waals surface area contributed by atoms with Gasteiger partial charge in [-0.3, -0.25) is 0 Å². The second kappa shape index (κ2) is 5.86. The lowest BCUT2D eigenvalue weighted by molar-refractivity contribution is 0.171. The molecule has 1 aromatic rings. The molecule has 1 atom stereocenters. The number of nitriles is 1. The number of hydrogen-bond acceptors (Lipinski definition) is 3. The van der Waals surface area contributed by atoms with Crippen LogP contribution in [0.2, 0.25) is 5.02 Å². The van der Waals surface area contributed by atoms with Gasteiger partial charge in [0.05, 0.1) is 16.7 Å². The minimum absolute atomic E-state index is 0.299. The summed E-state index contributed by atoms with van der Waals surface area (Å²) in [7, 11) is 0. The van der Waals surface area contributed by atoms with E-state index in [-0.39, 0.29) is 0 Å². The summed E-state index contributed by atoms with van der Waals surface area (Å²) < 4.78 is 0. The molecule has 0 aliphatic carbocycles. The molecule has 0 aliphatic heterocycles. The van der Waals surface area contributed by atoms with Crippen LogP contribution in [-0.4, -0.2) is 17.7 Å². The van der Waals surface area contributed by atoms with Gasteiger partial charge in [-0.25, -0.2) is 0 Å². The van der Waals surface area contributed by atoms with E-state index in [1.807, 2.05) is 19.9 Å². The molecule has 0 fully saturated rings. The summed E-state index contributed by atoms with van der Waals surface area (Å²) >= 11 is 6.01. The highest BCUT2D eigenvalue weighted by Gasteiger charge is 2.14. The third-order valence-electron chi connectivity index (χ3n) is 2.23. The monoisotopic (exact) mass is 238 g/mol. The first-order valence-electron chi connectivity index (χ1n) is 5.16. The molecule has 1 unspecified atom stereocenters. The van der Waals surface area contributed by atoms with Crippen LogP contribution < -0.4 is 5.32 Å². The second-order valence-corrected chi connectivity index (χ2v) is 4.28. The Hall–Kier alpha value is -1.08. The third kappa shape index (κ3) is 3.21. The molecule has 0 aliphatic rings. The Morgan fingerprint density at radius 3 is 2.75 bits per heavy atom. The van der Waals surface area contributed by atoms with Gasteiger partial charge in [-0.05, 0) is 6.07 Å². The molecule has 4 heteroatoms. The van der Waals surface area contributed by atoms with Crippen LogP contribution in [0, 0.1) is 11.3 Å². The summed E-state index contributed by atoms with van der Waals surface area (Å²) in [5.41, 5.74) is 0.983. The van der Waals surface area contributed by atoms with Gasteiger partial charge in [0.25, 0.3) is 0 Å². The van der Waals surface area contributed by atoms with E-state index >= 15 is 0 Å². The Kier molecular flexibility index (Phi) is 4.75. The number of benzene rings is 1. The molecule has 0 spiro atoms. The zero-order valence-electron chi connectivity index (χ0n) is 9.37. The highest BCUT2D eigenvalue weighted by molar-refractivity contribution is 6.32. The summed E-state index contributed by atoms with van der Waals surface area (Å²) in [4.78, 5) is 0. The van der Waals surface area contributed by atoms with Crippen molar-refractivity contribution in [1.82, 2.24) is 5.32 Å². The Morgan fingerprint density at radius 2 is 2.19 bits per heavy atom. The lowest BCUT2D eigenvalue weighted by Gasteiger charge is -2.15. The van der Waals surface area contributed by atoms with Crippen LogP contribution in [0.3, 0.4) is 0 Å². The van der Waals surface area contributed by atoms with Gasteiger partial charge in [-0.15, -0.1) is 0 Å². The van der Waals surface area contributed by atoms with Crippen molar-refractivity contribution in [2.45, 2.75) is 26.0 Å². The SMILES string of the molecule is CC(C)NCC(O)c1cccc(C#N)c1Cl. The maximum absolute atomic E-state index is 9.91. The fourth-order valence-electron chi connectivity index (χ4n) is 1.35. The molecule has 0 saturated heterocycles. The third-order valence-corrected chi connectivity index (χ3v) is 2.65. The van der Waals surface area contributed by atoms with Crippen molar-refractivity contribution >= 4 is 11.6 Å². The van der Waals surface area contributed by atoms with Crippen molar-refractivity contribution in [3.63, 3.8) is 0 Å². The summed E-state index contributed by atoms with van der Waals surface area (Å²) in [5, 5.41) is 22.2. The number of nitrogens with one attached hydrogen (secondary N) is 1. The topological polar surface area (TPSA) is 56.0 Å². The molecular weight excluding hydrogens is 224 g/mol. The molecular formula is C12H15ClN2O. The highest BCUT2D eigenvalue weighted by atomic mass is 35.5. The molecule has 16 heavy (non-hydrogen) atoms. The van der Waals surface area contributed by atoms with Crippen molar-refractivity contribution in [2.75, 3.05) is 6.54 Å². The molecule has 0 radical (unpaired) electrons. The Bertz CT molecular complexity index is 398. The van der Waals surface area contributed by atoms with E-state index in [2.05, 4.69) is 5.32 Å². The number of rotatable bonds is 4. The van der Waals surface area contributed by atoms with Crippen molar-refractivity contribution in [2.24, 2.45) is 0 Å². The molecule has 0 aromatic heterocycles. The molecule has 0 bridgehead atoms. The van der Waals surface area contributed by atoms with Gasteiger partial charge in [-0.1, -0.05) is 37.6 Å². The minimum atomic E-state index is -0.691. The maximum atomic E-state index is 9.91. The average molecular weight is 239 g/mol. The normalized spacial score (nSPS) is 12.5. The van der Waals surface area contributed by atoms with Crippen LogP contribution >= 0.6 is 11.6 Å². The molecule has 0 heterocycles. The summed E-state index contributed by atoms with van der Waals surface area (Å²) in [6, 6.07) is 7.38. The van der Waals surface area contributed by atoms with E-state index in [4.69, 9.17) is 16.9 Å². The van der Waals surface area contributed by atoms with Gasteiger partial charge < -0.3 is 10.4 Å². The predicted octanol–water partition coefficient (Wildman–Crippen LogP) is 2.24. The predicted molar refractivity (Wildman–Crippen MR) is 64.3 cm³/mol. The molecule has 0 amide bonds. The van der Waals surface area contributed by atoms with E-state index in [0.29, 0.717) is 28.7 Å². The fraction of sp³-hybridized carbons (Fsp3) is 0.417. The molecule has 1 aromatic carbocycles. The zero-order valence-corrected chi connectivity index (χ0v) is 10.1. The summed E-state index contributed by atoms with van der Waals surface area (Å²) in [6.45, 7) is 4.42. The largest absolute Gasteiger partial charge is 0.387 e. The lowest BCUT2D eigenvalue weighted by atomic mass is 10.1. The molecule has 1 rings (SSSR count). The maximum Gasteiger partial charge on any atom is 0.101 e. The van der Waals surface area contributed by atoms with Gasteiger partial charge in [0.15, 0.2) is 0 Å². The van der Waals surface area contributed by atoms with Gasteiger partial charge >= 0.3 is 0 Å². The Labute approximate surface area is 101 Å². The van der Waals surface area contributed by atoms with Gasteiger partial charge in [-0.2, -0.15) is 5.26 Å². The molecule has 2 N–H and O–H groups in total. The molecule has 86 valence electrons. The number of aliphatic hydroxyl groups is 1.